The van der Waals surface area contributed by atoms with E-state index in [0.29, 0.717) is 11.3 Å². The van der Waals surface area contributed by atoms with E-state index in [2.05, 4.69) is 4.98 Å². The van der Waals surface area contributed by atoms with E-state index in [1.54, 1.807) is 6.07 Å². The Labute approximate surface area is 136 Å². The summed E-state index contributed by atoms with van der Waals surface area (Å²) in [4.78, 5) is 37.1. The number of aryl methyl sites for hydroxylation is 1. The Morgan fingerprint density at radius 1 is 1.17 bits per heavy atom. The monoisotopic (exact) mass is 333 g/mol. The quantitative estimate of drug-likeness (QED) is 0.638. The molecule has 2 aromatic rings. The van der Waals surface area contributed by atoms with Crippen LogP contribution in [0.4, 0.5) is 4.39 Å². The second kappa shape index (κ2) is 7.65. The minimum Gasteiger partial charge on any atom is -0.479 e. The Hall–Kier alpha value is -2.80. The Morgan fingerprint density at radius 3 is 2.58 bits per heavy atom. The fraction of sp³-hybridized carbons (Fsp3) is 0.235. The van der Waals surface area contributed by atoms with Crippen molar-refractivity contribution in [3.8, 4) is 0 Å². The lowest BCUT2D eigenvalue weighted by molar-refractivity contribution is -0.148. The van der Waals surface area contributed by atoms with Crippen LogP contribution in [0.5, 0.6) is 0 Å². The van der Waals surface area contributed by atoms with Crippen LogP contribution in [0.25, 0.3) is 0 Å². The molecule has 2 rings (SSSR count). The molecule has 6 nitrogen and oxygen atoms in total. The zero-order valence-electron chi connectivity index (χ0n) is 12.7. The van der Waals surface area contributed by atoms with Crippen LogP contribution in [0.3, 0.4) is 0 Å². The molecule has 1 aromatic carbocycles. The van der Waals surface area contributed by atoms with Crippen molar-refractivity contribution in [1.29, 1.82) is 0 Å². The molecule has 0 radical (unpaired) electrons. The van der Waals surface area contributed by atoms with Crippen molar-refractivity contribution in [3.05, 3.63) is 59.2 Å². The fourth-order valence-corrected chi connectivity index (χ4v) is 2.19. The van der Waals surface area contributed by atoms with Crippen LogP contribution in [0, 0.1) is 5.82 Å². The van der Waals surface area contributed by atoms with Crippen molar-refractivity contribution in [2.45, 2.75) is 25.4 Å². The summed E-state index contributed by atoms with van der Waals surface area (Å²) in [6.07, 6.45) is -0.365. The third kappa shape index (κ3) is 4.60. The molecule has 1 heterocycles. The Bertz CT molecular complexity index is 768. The van der Waals surface area contributed by atoms with E-state index in [1.165, 1.54) is 24.4 Å². The molecule has 0 fully saturated rings. The molecule has 24 heavy (non-hydrogen) atoms. The van der Waals surface area contributed by atoms with Crippen LogP contribution in [-0.4, -0.2) is 38.8 Å². The van der Waals surface area contributed by atoms with Gasteiger partial charge in [-0.3, -0.25) is 9.59 Å². The van der Waals surface area contributed by atoms with Gasteiger partial charge in [0.15, 0.2) is 11.9 Å². The molecule has 0 spiro atoms. The topological polar surface area (TPSA) is 107 Å². The summed E-state index contributed by atoms with van der Waals surface area (Å²) in [5.74, 6) is -2.67. The SMILES string of the molecule is O=C(CCc1cc(C(=O)c2cccc(F)c2)c[nH]1)C[C@@H](O)C(=O)O. The fourth-order valence-electron chi connectivity index (χ4n) is 2.19. The number of carboxylic acids is 1. The lowest BCUT2D eigenvalue weighted by Crippen LogP contribution is -2.23. The molecule has 3 N–H and O–H groups in total. The maximum atomic E-state index is 13.2. The normalized spacial score (nSPS) is 11.9. The summed E-state index contributed by atoms with van der Waals surface area (Å²) in [6, 6.07) is 6.91. The van der Waals surface area contributed by atoms with Crippen molar-refractivity contribution in [2.24, 2.45) is 0 Å². The van der Waals surface area contributed by atoms with Gasteiger partial charge < -0.3 is 15.2 Å². The first-order chi connectivity index (χ1) is 11.4. The maximum Gasteiger partial charge on any atom is 0.332 e. The smallest absolute Gasteiger partial charge is 0.332 e. The number of aromatic amines is 1. The molecule has 0 saturated carbocycles. The summed E-state index contributed by atoms with van der Waals surface area (Å²) >= 11 is 0. The number of aliphatic carboxylic acids is 1. The number of carboxylic acid groups (broad SMARTS) is 1. The second-order valence-electron chi connectivity index (χ2n) is 5.35. The highest BCUT2D eigenvalue weighted by Crippen LogP contribution is 2.14. The van der Waals surface area contributed by atoms with Gasteiger partial charge in [0.1, 0.15) is 11.6 Å². The number of carbonyl (C=O) groups is 3. The average Bonchev–Trinajstić information content (AvgIpc) is 3.01. The third-order valence-corrected chi connectivity index (χ3v) is 3.47. The number of ketones is 2. The largest absolute Gasteiger partial charge is 0.479 e. The maximum absolute atomic E-state index is 13.2. The molecule has 0 saturated heterocycles. The van der Waals surface area contributed by atoms with Gasteiger partial charge in [-0.25, -0.2) is 9.18 Å². The van der Waals surface area contributed by atoms with Gasteiger partial charge in [-0.1, -0.05) is 12.1 Å². The molecule has 1 atom stereocenters. The zero-order valence-corrected chi connectivity index (χ0v) is 12.7. The van der Waals surface area contributed by atoms with E-state index in [4.69, 9.17) is 10.2 Å². The number of benzene rings is 1. The summed E-state index contributed by atoms with van der Waals surface area (Å²) < 4.78 is 13.2. The van der Waals surface area contributed by atoms with E-state index in [9.17, 15) is 18.8 Å². The zero-order chi connectivity index (χ0) is 17.7. The number of aliphatic hydroxyl groups is 1. The van der Waals surface area contributed by atoms with Gasteiger partial charge in [-0.05, 0) is 24.6 Å². The number of nitrogens with one attached hydrogen (secondary N) is 1. The average molecular weight is 333 g/mol. The van der Waals surface area contributed by atoms with Gasteiger partial charge >= 0.3 is 5.97 Å². The van der Waals surface area contributed by atoms with Crippen molar-refractivity contribution in [1.82, 2.24) is 4.98 Å². The van der Waals surface area contributed by atoms with Crippen LogP contribution < -0.4 is 0 Å². The summed E-state index contributed by atoms with van der Waals surface area (Å²) in [5, 5.41) is 17.7. The lowest BCUT2D eigenvalue weighted by Gasteiger charge is -2.03. The molecule has 0 aliphatic rings. The molecule has 0 aliphatic carbocycles. The van der Waals surface area contributed by atoms with Crippen molar-refractivity contribution >= 4 is 17.5 Å². The van der Waals surface area contributed by atoms with Gasteiger partial charge in [0.05, 0.1) is 0 Å². The van der Waals surface area contributed by atoms with E-state index in [0.717, 1.165) is 6.07 Å². The number of hydrogen-bond donors (Lipinski definition) is 3. The molecule has 126 valence electrons. The summed E-state index contributed by atoms with van der Waals surface area (Å²) in [5.41, 5.74) is 1.18. The highest BCUT2D eigenvalue weighted by molar-refractivity contribution is 6.09. The number of halogens is 1. The van der Waals surface area contributed by atoms with Crippen molar-refractivity contribution in [2.75, 3.05) is 0 Å². The van der Waals surface area contributed by atoms with Crippen LogP contribution in [-0.2, 0) is 16.0 Å². The minimum absolute atomic E-state index is 0.0401. The predicted octanol–water partition coefficient (Wildman–Crippen LogP) is 1.72. The van der Waals surface area contributed by atoms with Gasteiger partial charge in [0.2, 0.25) is 0 Å². The summed E-state index contributed by atoms with van der Waals surface area (Å²) in [6.45, 7) is 0. The third-order valence-electron chi connectivity index (χ3n) is 3.47. The Balaban J connectivity index is 1.95. The standard InChI is InChI=1S/C17H16FNO5/c18-12-3-1-2-10(6-12)16(22)11-7-13(19-9-11)4-5-14(20)8-15(21)17(23)24/h1-3,6-7,9,15,19,21H,4-5,8H2,(H,23,24)/t15-/m1/s1. The molecule has 7 heteroatoms. The number of hydrogen-bond acceptors (Lipinski definition) is 4. The molecule has 1 aromatic heterocycles. The highest BCUT2D eigenvalue weighted by Gasteiger charge is 2.18. The predicted molar refractivity (Wildman–Crippen MR) is 82.2 cm³/mol. The van der Waals surface area contributed by atoms with E-state index >= 15 is 0 Å². The van der Waals surface area contributed by atoms with Gasteiger partial charge in [-0.15, -0.1) is 0 Å². The minimum atomic E-state index is -1.70. The number of H-pyrrole nitrogens is 1. The highest BCUT2D eigenvalue weighted by atomic mass is 19.1. The number of rotatable bonds is 8. The van der Waals surface area contributed by atoms with Gasteiger partial charge in [-0.2, -0.15) is 0 Å². The van der Waals surface area contributed by atoms with E-state index in [1.807, 2.05) is 0 Å². The summed E-state index contributed by atoms with van der Waals surface area (Å²) in [7, 11) is 0. The Morgan fingerprint density at radius 2 is 1.92 bits per heavy atom. The van der Waals surface area contributed by atoms with E-state index in [-0.39, 0.29) is 24.2 Å². The van der Waals surface area contributed by atoms with Crippen molar-refractivity contribution in [3.63, 3.8) is 0 Å². The number of aliphatic hydroxyl groups excluding tert-OH is 1. The number of Topliss-reactive ketones (excluding diaryl/α,β-unsaturated/α-hetero) is 1. The van der Waals surface area contributed by atoms with Crippen molar-refractivity contribution < 1.29 is 29.0 Å². The molecule has 0 unspecified atom stereocenters. The second-order valence-corrected chi connectivity index (χ2v) is 5.35. The first-order valence-electron chi connectivity index (χ1n) is 7.27. The van der Waals surface area contributed by atoms with Crippen LogP contribution in [0.15, 0.2) is 36.5 Å². The Kier molecular flexibility index (Phi) is 5.59. The molecular weight excluding hydrogens is 317 g/mol. The molecular formula is C17H16FNO5. The first kappa shape index (κ1) is 17.6. The molecule has 0 bridgehead atoms. The van der Waals surface area contributed by atoms with Crippen LogP contribution in [0.2, 0.25) is 0 Å². The van der Waals surface area contributed by atoms with E-state index < -0.39 is 30.1 Å². The van der Waals surface area contributed by atoms with Gasteiger partial charge in [0.25, 0.3) is 0 Å². The molecule has 0 aliphatic heterocycles. The lowest BCUT2D eigenvalue weighted by atomic mass is 10.0. The van der Waals surface area contributed by atoms with Crippen LogP contribution in [0.1, 0.15) is 34.5 Å². The molecule has 0 amide bonds. The van der Waals surface area contributed by atoms with Gasteiger partial charge in [0, 0.05) is 35.9 Å². The first-order valence-corrected chi connectivity index (χ1v) is 7.27. The van der Waals surface area contributed by atoms with Crippen LogP contribution >= 0.6 is 0 Å². The number of aromatic nitrogens is 1. The number of carbonyl (C=O) groups excluding carboxylic acids is 2.